The predicted octanol–water partition coefficient (Wildman–Crippen LogP) is 4.69. The van der Waals surface area contributed by atoms with Gasteiger partial charge in [0.1, 0.15) is 17.4 Å². The maximum Gasteiger partial charge on any atom is 0.263 e. The third kappa shape index (κ3) is 5.62. The van der Waals surface area contributed by atoms with E-state index in [1.165, 1.54) is 11.8 Å². The summed E-state index contributed by atoms with van der Waals surface area (Å²) >= 11 is 0. The average Bonchev–Trinajstić information content (AvgIpc) is 2.68. The van der Waals surface area contributed by atoms with E-state index in [4.69, 9.17) is 4.74 Å². The molecule has 0 aromatic heterocycles. The number of anilines is 1. The first-order valence-electron chi connectivity index (χ1n) is 9.16. The van der Waals surface area contributed by atoms with Gasteiger partial charge in [0, 0.05) is 11.9 Å². The molecule has 1 atom stereocenters. The average molecular weight is 377 g/mol. The van der Waals surface area contributed by atoms with Crippen LogP contribution >= 0.6 is 0 Å². The fraction of sp³-hybridized carbons (Fsp3) is 0.304. The molecule has 146 valence electrons. The van der Waals surface area contributed by atoms with Gasteiger partial charge >= 0.3 is 0 Å². The number of nitrogens with one attached hydrogen (secondary N) is 2. The number of carbonyl (C=O) groups excluding carboxylic acids is 1. The first kappa shape index (κ1) is 21.0. The first-order chi connectivity index (χ1) is 13.2. The van der Waals surface area contributed by atoms with Crippen LogP contribution in [0.25, 0.3) is 0 Å². The second-order valence-corrected chi connectivity index (χ2v) is 7.61. The van der Waals surface area contributed by atoms with E-state index in [0.717, 1.165) is 17.0 Å². The van der Waals surface area contributed by atoms with Crippen molar-refractivity contribution in [3.05, 3.63) is 71.4 Å². The number of nitriles is 1. The van der Waals surface area contributed by atoms with Crippen LogP contribution in [-0.4, -0.2) is 13.0 Å². The van der Waals surface area contributed by atoms with Crippen molar-refractivity contribution in [1.82, 2.24) is 5.32 Å². The van der Waals surface area contributed by atoms with Crippen LogP contribution in [0.2, 0.25) is 0 Å². The number of carbonyl (C=O) groups is 1. The molecule has 0 fully saturated rings. The lowest BCUT2D eigenvalue weighted by molar-refractivity contribution is -0.117. The Kier molecular flexibility index (Phi) is 6.84. The molecule has 1 unspecified atom stereocenters. The summed E-state index contributed by atoms with van der Waals surface area (Å²) in [6.45, 7) is 8.32. The molecular formula is C23H27N3O2. The van der Waals surface area contributed by atoms with Crippen molar-refractivity contribution >= 4 is 11.6 Å². The number of ether oxygens (including phenoxy) is 1. The zero-order valence-electron chi connectivity index (χ0n) is 17.0. The second-order valence-electron chi connectivity index (χ2n) is 7.61. The third-order valence-corrected chi connectivity index (χ3v) is 4.46. The monoisotopic (exact) mass is 377 g/mol. The minimum atomic E-state index is -0.426. The van der Waals surface area contributed by atoms with Gasteiger partial charge < -0.3 is 15.4 Å². The highest BCUT2D eigenvalue weighted by molar-refractivity contribution is 5.97. The maximum absolute atomic E-state index is 12.4. The number of hydrogen-bond acceptors (Lipinski definition) is 4. The summed E-state index contributed by atoms with van der Waals surface area (Å²) in [5, 5.41) is 15.2. The van der Waals surface area contributed by atoms with Crippen molar-refractivity contribution in [2.75, 3.05) is 12.4 Å². The van der Waals surface area contributed by atoms with E-state index < -0.39 is 5.91 Å². The summed E-state index contributed by atoms with van der Waals surface area (Å²) in [4.78, 5) is 12.4. The third-order valence-electron chi connectivity index (χ3n) is 4.46. The fourth-order valence-electron chi connectivity index (χ4n) is 2.62. The SMILES string of the molecule is COc1ccc(C(C)NC(=O)/C(C#N)=C\Nc2ccc(C(C)(C)C)cc2)cc1. The molecule has 0 bridgehead atoms. The van der Waals surface area contributed by atoms with Crippen LogP contribution in [0.1, 0.15) is 44.9 Å². The van der Waals surface area contributed by atoms with Gasteiger partial charge in [-0.05, 0) is 47.7 Å². The summed E-state index contributed by atoms with van der Waals surface area (Å²) in [6.07, 6.45) is 1.43. The molecule has 0 spiro atoms. The highest BCUT2D eigenvalue weighted by Crippen LogP contribution is 2.23. The normalized spacial score (nSPS) is 12.6. The molecule has 5 nitrogen and oxygen atoms in total. The number of benzene rings is 2. The number of rotatable bonds is 6. The molecule has 0 aliphatic rings. The number of amides is 1. The Morgan fingerprint density at radius 3 is 2.21 bits per heavy atom. The van der Waals surface area contributed by atoms with Crippen LogP contribution in [0.3, 0.4) is 0 Å². The summed E-state index contributed by atoms with van der Waals surface area (Å²) in [7, 11) is 1.61. The van der Waals surface area contributed by atoms with E-state index in [0.29, 0.717) is 0 Å². The zero-order valence-corrected chi connectivity index (χ0v) is 17.0. The van der Waals surface area contributed by atoms with Gasteiger partial charge in [-0.2, -0.15) is 5.26 Å². The molecule has 2 rings (SSSR count). The summed E-state index contributed by atoms with van der Waals surface area (Å²) in [5.41, 5.74) is 3.05. The molecule has 0 aliphatic heterocycles. The Morgan fingerprint density at radius 2 is 1.71 bits per heavy atom. The van der Waals surface area contributed by atoms with Crippen molar-refractivity contribution in [3.63, 3.8) is 0 Å². The molecular weight excluding hydrogens is 350 g/mol. The van der Waals surface area contributed by atoms with Crippen molar-refractivity contribution in [2.24, 2.45) is 0 Å². The highest BCUT2D eigenvalue weighted by atomic mass is 16.5. The largest absolute Gasteiger partial charge is 0.497 e. The molecule has 0 saturated heterocycles. The minimum absolute atomic E-state index is 0.0141. The quantitative estimate of drug-likeness (QED) is 0.566. The standard InChI is InChI=1S/C23H27N3O2/c1-16(17-6-12-21(28-5)13-7-17)26-22(27)18(14-24)15-25-20-10-8-19(9-11-20)23(2,3)4/h6-13,15-16,25H,1-5H3,(H,26,27)/b18-15-. The Hall–Kier alpha value is -3.26. The second kappa shape index (κ2) is 9.09. The van der Waals surface area contributed by atoms with Gasteiger partial charge in [-0.15, -0.1) is 0 Å². The molecule has 5 heteroatoms. The molecule has 1 amide bonds. The predicted molar refractivity (Wildman–Crippen MR) is 112 cm³/mol. The topological polar surface area (TPSA) is 74.1 Å². The molecule has 2 N–H and O–H groups in total. The molecule has 0 radical (unpaired) electrons. The minimum Gasteiger partial charge on any atom is -0.497 e. The van der Waals surface area contributed by atoms with Crippen LogP contribution in [0.5, 0.6) is 5.75 Å². The lowest BCUT2D eigenvalue weighted by Crippen LogP contribution is -2.28. The van der Waals surface area contributed by atoms with E-state index in [1.54, 1.807) is 7.11 Å². The van der Waals surface area contributed by atoms with Crippen molar-refractivity contribution < 1.29 is 9.53 Å². The van der Waals surface area contributed by atoms with E-state index in [-0.39, 0.29) is 17.0 Å². The van der Waals surface area contributed by atoms with E-state index >= 15 is 0 Å². The Morgan fingerprint density at radius 1 is 1.11 bits per heavy atom. The van der Waals surface area contributed by atoms with Crippen molar-refractivity contribution in [3.8, 4) is 11.8 Å². The molecule has 28 heavy (non-hydrogen) atoms. The Balaban J connectivity index is 2.02. The van der Waals surface area contributed by atoms with Crippen LogP contribution in [0.4, 0.5) is 5.69 Å². The van der Waals surface area contributed by atoms with Gasteiger partial charge in [-0.3, -0.25) is 4.79 Å². The summed E-state index contributed by atoms with van der Waals surface area (Å²) < 4.78 is 5.14. The molecule has 0 aliphatic carbocycles. The van der Waals surface area contributed by atoms with E-state index in [2.05, 4.69) is 31.4 Å². The lowest BCUT2D eigenvalue weighted by Gasteiger charge is -2.19. The van der Waals surface area contributed by atoms with Crippen molar-refractivity contribution in [1.29, 1.82) is 5.26 Å². The molecule has 2 aromatic carbocycles. The Bertz CT molecular complexity index is 870. The van der Waals surface area contributed by atoms with Crippen LogP contribution in [-0.2, 0) is 10.2 Å². The van der Waals surface area contributed by atoms with Gasteiger partial charge in [0.2, 0.25) is 0 Å². The molecule has 0 heterocycles. The smallest absolute Gasteiger partial charge is 0.263 e. The number of methoxy groups -OCH3 is 1. The van der Waals surface area contributed by atoms with Gasteiger partial charge in [-0.1, -0.05) is 45.0 Å². The van der Waals surface area contributed by atoms with E-state index in [9.17, 15) is 10.1 Å². The van der Waals surface area contributed by atoms with Gasteiger partial charge in [-0.25, -0.2) is 0 Å². The van der Waals surface area contributed by atoms with Gasteiger partial charge in [0.25, 0.3) is 5.91 Å². The maximum atomic E-state index is 12.4. The van der Waals surface area contributed by atoms with Crippen LogP contribution < -0.4 is 15.4 Å². The first-order valence-corrected chi connectivity index (χ1v) is 9.16. The zero-order chi connectivity index (χ0) is 20.7. The summed E-state index contributed by atoms with van der Waals surface area (Å²) in [6, 6.07) is 17.1. The highest BCUT2D eigenvalue weighted by Gasteiger charge is 2.15. The van der Waals surface area contributed by atoms with Crippen LogP contribution in [0, 0.1) is 11.3 Å². The molecule has 2 aromatic rings. The van der Waals surface area contributed by atoms with Crippen molar-refractivity contribution in [2.45, 2.75) is 39.2 Å². The molecule has 0 saturated carbocycles. The van der Waals surface area contributed by atoms with Gasteiger partial charge in [0.15, 0.2) is 0 Å². The fourth-order valence-corrected chi connectivity index (χ4v) is 2.62. The lowest BCUT2D eigenvalue weighted by atomic mass is 9.87. The van der Waals surface area contributed by atoms with Gasteiger partial charge in [0.05, 0.1) is 13.2 Å². The van der Waals surface area contributed by atoms with E-state index in [1.807, 2.05) is 61.5 Å². The number of hydrogen-bond donors (Lipinski definition) is 2. The number of nitrogens with zero attached hydrogens (tertiary/aromatic N) is 1. The summed E-state index contributed by atoms with van der Waals surface area (Å²) in [5.74, 6) is 0.325. The van der Waals surface area contributed by atoms with Crippen LogP contribution in [0.15, 0.2) is 60.3 Å². The Labute approximate surface area is 167 Å².